The summed E-state index contributed by atoms with van der Waals surface area (Å²) < 4.78 is 10.6. The van der Waals surface area contributed by atoms with Crippen LogP contribution in [-0.2, 0) is 0 Å². The molecule has 1 fully saturated rings. The number of pyridine rings is 1. The van der Waals surface area contributed by atoms with Gasteiger partial charge in [-0.1, -0.05) is 6.07 Å². The van der Waals surface area contributed by atoms with Crippen LogP contribution >= 0.6 is 0 Å². The Bertz CT molecular complexity index is 761. The predicted octanol–water partition coefficient (Wildman–Crippen LogP) is 1.36. The fourth-order valence-corrected chi connectivity index (χ4v) is 3.21. The van der Waals surface area contributed by atoms with E-state index in [1.54, 1.807) is 18.2 Å². The lowest BCUT2D eigenvalue weighted by atomic mass is 10.2. The average molecular weight is 354 g/mol. The Morgan fingerprint density at radius 2 is 1.92 bits per heavy atom. The summed E-state index contributed by atoms with van der Waals surface area (Å²) in [5.74, 6) is 2.26. The lowest BCUT2D eigenvalue weighted by Crippen LogP contribution is -2.48. The van der Waals surface area contributed by atoms with Crippen LogP contribution < -0.4 is 19.7 Å². The highest BCUT2D eigenvalue weighted by atomic mass is 16.7. The zero-order valence-electron chi connectivity index (χ0n) is 14.6. The van der Waals surface area contributed by atoms with Crippen molar-refractivity contribution >= 4 is 11.7 Å². The Kier molecular flexibility index (Phi) is 4.88. The van der Waals surface area contributed by atoms with E-state index < -0.39 is 0 Å². The molecule has 0 radical (unpaired) electrons. The Morgan fingerprint density at radius 3 is 2.73 bits per heavy atom. The molecule has 1 aromatic heterocycles. The van der Waals surface area contributed by atoms with E-state index in [0.717, 1.165) is 38.5 Å². The Morgan fingerprint density at radius 1 is 1.08 bits per heavy atom. The van der Waals surface area contributed by atoms with Crippen LogP contribution in [0.5, 0.6) is 11.5 Å². The second kappa shape index (κ2) is 7.61. The summed E-state index contributed by atoms with van der Waals surface area (Å²) in [6, 6.07) is 11.2. The monoisotopic (exact) mass is 354 g/mol. The number of nitrogens with one attached hydrogen (secondary N) is 1. The van der Waals surface area contributed by atoms with E-state index in [1.807, 2.05) is 24.4 Å². The third-order valence-electron chi connectivity index (χ3n) is 4.69. The van der Waals surface area contributed by atoms with Crippen LogP contribution in [0.1, 0.15) is 10.4 Å². The van der Waals surface area contributed by atoms with E-state index in [-0.39, 0.29) is 12.7 Å². The fourth-order valence-electron chi connectivity index (χ4n) is 3.21. The minimum absolute atomic E-state index is 0.0876. The van der Waals surface area contributed by atoms with Crippen molar-refractivity contribution in [2.24, 2.45) is 0 Å². The number of benzene rings is 1. The molecule has 136 valence electrons. The zero-order valence-corrected chi connectivity index (χ0v) is 14.6. The van der Waals surface area contributed by atoms with Crippen molar-refractivity contribution in [3.05, 3.63) is 48.2 Å². The number of carbonyl (C=O) groups excluding carboxylic acids is 1. The average Bonchev–Trinajstić information content (AvgIpc) is 3.17. The minimum atomic E-state index is -0.0876. The van der Waals surface area contributed by atoms with Gasteiger partial charge in [-0.2, -0.15) is 0 Å². The third-order valence-corrected chi connectivity index (χ3v) is 4.69. The van der Waals surface area contributed by atoms with E-state index in [4.69, 9.17) is 9.47 Å². The van der Waals surface area contributed by atoms with Crippen LogP contribution in [-0.4, -0.2) is 61.9 Å². The summed E-state index contributed by atoms with van der Waals surface area (Å²) in [7, 11) is 0. The molecule has 4 rings (SSSR count). The first-order valence-corrected chi connectivity index (χ1v) is 8.86. The van der Waals surface area contributed by atoms with Crippen LogP contribution in [0.25, 0.3) is 0 Å². The molecule has 2 aliphatic rings. The zero-order chi connectivity index (χ0) is 17.8. The molecule has 1 saturated heterocycles. The van der Waals surface area contributed by atoms with E-state index in [1.165, 1.54) is 0 Å². The van der Waals surface area contributed by atoms with Gasteiger partial charge >= 0.3 is 0 Å². The second-order valence-electron chi connectivity index (χ2n) is 6.34. The summed E-state index contributed by atoms with van der Waals surface area (Å²) in [5, 5.41) is 2.98. The molecule has 0 spiro atoms. The topological polar surface area (TPSA) is 66.9 Å². The van der Waals surface area contributed by atoms with Gasteiger partial charge in [0.25, 0.3) is 5.91 Å². The van der Waals surface area contributed by atoms with Crippen LogP contribution in [0, 0.1) is 0 Å². The molecule has 0 saturated carbocycles. The van der Waals surface area contributed by atoms with Gasteiger partial charge in [-0.15, -0.1) is 0 Å². The summed E-state index contributed by atoms with van der Waals surface area (Å²) in [6.45, 7) is 5.52. The van der Waals surface area contributed by atoms with Gasteiger partial charge in [0, 0.05) is 51.0 Å². The van der Waals surface area contributed by atoms with Crippen molar-refractivity contribution < 1.29 is 14.3 Å². The highest BCUT2D eigenvalue weighted by Gasteiger charge is 2.18. The molecule has 7 nitrogen and oxygen atoms in total. The van der Waals surface area contributed by atoms with Crippen LogP contribution in [0.4, 0.5) is 5.82 Å². The summed E-state index contributed by atoms with van der Waals surface area (Å²) in [5.41, 5.74) is 0.592. The van der Waals surface area contributed by atoms with Gasteiger partial charge < -0.3 is 19.7 Å². The van der Waals surface area contributed by atoms with Crippen molar-refractivity contribution in [3.8, 4) is 11.5 Å². The van der Waals surface area contributed by atoms with E-state index in [0.29, 0.717) is 23.6 Å². The number of hydrogen-bond acceptors (Lipinski definition) is 6. The third kappa shape index (κ3) is 3.72. The number of fused-ring (bicyclic) bond motifs is 1. The van der Waals surface area contributed by atoms with E-state index in [9.17, 15) is 4.79 Å². The molecule has 0 aliphatic carbocycles. The molecule has 0 atom stereocenters. The number of hydrogen-bond donors (Lipinski definition) is 1. The maximum atomic E-state index is 12.3. The maximum absolute atomic E-state index is 12.3. The van der Waals surface area contributed by atoms with E-state index >= 15 is 0 Å². The second-order valence-corrected chi connectivity index (χ2v) is 6.34. The standard InChI is InChI=1S/C19H22N4O3/c24-19(15-4-5-16-17(13-15)26-14-25-16)21-7-8-22-9-11-23(12-10-22)18-3-1-2-6-20-18/h1-6,13H,7-12,14H2,(H,21,24). The molecule has 0 bridgehead atoms. The quantitative estimate of drug-likeness (QED) is 0.875. The lowest BCUT2D eigenvalue weighted by molar-refractivity contribution is 0.0947. The Balaban J connectivity index is 1.21. The normalized spacial score (nSPS) is 16.5. The molecule has 7 heteroatoms. The summed E-state index contributed by atoms with van der Waals surface area (Å²) >= 11 is 0. The van der Waals surface area contributed by atoms with Gasteiger partial charge in [0.2, 0.25) is 6.79 Å². The number of piperazine rings is 1. The van der Waals surface area contributed by atoms with Gasteiger partial charge in [-0.25, -0.2) is 4.98 Å². The molecule has 3 heterocycles. The van der Waals surface area contributed by atoms with Gasteiger partial charge in [-0.05, 0) is 30.3 Å². The smallest absolute Gasteiger partial charge is 0.251 e. The van der Waals surface area contributed by atoms with Gasteiger partial charge in [0.1, 0.15) is 5.82 Å². The molecule has 2 aliphatic heterocycles. The van der Waals surface area contributed by atoms with Gasteiger partial charge in [0.05, 0.1) is 0 Å². The molecular weight excluding hydrogens is 332 g/mol. The first-order valence-electron chi connectivity index (χ1n) is 8.86. The lowest BCUT2D eigenvalue weighted by Gasteiger charge is -2.35. The van der Waals surface area contributed by atoms with Crippen molar-refractivity contribution in [1.29, 1.82) is 0 Å². The SMILES string of the molecule is O=C(NCCN1CCN(c2ccccn2)CC1)c1ccc2c(c1)OCO2. The molecule has 1 amide bonds. The highest BCUT2D eigenvalue weighted by Crippen LogP contribution is 2.32. The Labute approximate surface area is 152 Å². The largest absolute Gasteiger partial charge is 0.454 e. The predicted molar refractivity (Wildman–Crippen MR) is 97.8 cm³/mol. The number of aromatic nitrogens is 1. The van der Waals surface area contributed by atoms with Gasteiger partial charge in [-0.3, -0.25) is 9.69 Å². The minimum Gasteiger partial charge on any atom is -0.454 e. The van der Waals surface area contributed by atoms with Crippen LogP contribution in [0.15, 0.2) is 42.6 Å². The number of nitrogens with zero attached hydrogens (tertiary/aromatic N) is 3. The number of carbonyl (C=O) groups is 1. The number of amides is 1. The van der Waals surface area contributed by atoms with Crippen molar-refractivity contribution in [1.82, 2.24) is 15.2 Å². The fraction of sp³-hybridized carbons (Fsp3) is 0.368. The summed E-state index contributed by atoms with van der Waals surface area (Å²) in [6.07, 6.45) is 1.83. The molecular formula is C19H22N4O3. The first kappa shape index (κ1) is 16.7. The summed E-state index contributed by atoms with van der Waals surface area (Å²) in [4.78, 5) is 21.3. The van der Waals surface area contributed by atoms with Crippen molar-refractivity contribution in [2.75, 3.05) is 51.0 Å². The molecule has 26 heavy (non-hydrogen) atoms. The Hall–Kier alpha value is -2.80. The maximum Gasteiger partial charge on any atom is 0.251 e. The first-order chi connectivity index (χ1) is 12.8. The van der Waals surface area contributed by atoms with Crippen LogP contribution in [0.2, 0.25) is 0 Å². The number of rotatable bonds is 5. The number of ether oxygens (including phenoxy) is 2. The van der Waals surface area contributed by atoms with Crippen molar-refractivity contribution in [3.63, 3.8) is 0 Å². The molecule has 2 aromatic rings. The highest BCUT2D eigenvalue weighted by molar-refractivity contribution is 5.94. The number of anilines is 1. The van der Waals surface area contributed by atoms with Gasteiger partial charge in [0.15, 0.2) is 11.5 Å². The van der Waals surface area contributed by atoms with E-state index in [2.05, 4.69) is 20.1 Å². The van der Waals surface area contributed by atoms with Crippen molar-refractivity contribution in [2.45, 2.75) is 0 Å². The molecule has 1 aromatic carbocycles. The molecule has 0 unspecified atom stereocenters. The molecule has 1 N–H and O–H groups in total. The van der Waals surface area contributed by atoms with Crippen LogP contribution in [0.3, 0.4) is 0 Å².